The summed E-state index contributed by atoms with van der Waals surface area (Å²) in [6, 6.07) is 6.57. The van der Waals surface area contributed by atoms with E-state index in [1.807, 2.05) is 0 Å². The summed E-state index contributed by atoms with van der Waals surface area (Å²) in [7, 11) is -2.02. The molecule has 0 spiro atoms. The van der Waals surface area contributed by atoms with E-state index in [4.69, 9.17) is 15.6 Å². The molecule has 0 heterocycles. The van der Waals surface area contributed by atoms with Crippen molar-refractivity contribution in [3.05, 3.63) is 29.8 Å². The Balaban J connectivity index is 2.41. The lowest BCUT2D eigenvalue weighted by Gasteiger charge is -2.05. The van der Waals surface area contributed by atoms with Crippen LogP contribution in [0.4, 0.5) is 0 Å². The molecular weight excluding hydrogens is 270 g/mol. The van der Waals surface area contributed by atoms with Crippen LogP contribution in [0.1, 0.15) is 11.5 Å². The van der Waals surface area contributed by atoms with Gasteiger partial charge in [0.05, 0.1) is 12.4 Å². The van der Waals surface area contributed by atoms with Crippen LogP contribution in [0.3, 0.4) is 0 Å². The molecule has 0 aromatic heterocycles. The first-order valence-corrected chi connectivity index (χ1v) is 7.53. The molecule has 19 heavy (non-hydrogen) atoms. The number of sulfone groups is 1. The third-order valence-corrected chi connectivity index (χ3v) is 5.07. The van der Waals surface area contributed by atoms with Gasteiger partial charge in [-0.3, -0.25) is 4.79 Å². The number of hydrogen-bond acceptors (Lipinski definition) is 5. The Bertz CT molecular complexity index is 610. The van der Waals surface area contributed by atoms with Gasteiger partial charge in [0.1, 0.15) is 11.3 Å². The SMILES string of the molecule is COc1ccc([C@H]2[C@@H](S(C)(=O)=O)[C@@]2(N)C(=O)O)cc1. The molecule has 0 saturated heterocycles. The maximum absolute atomic E-state index is 11.7. The van der Waals surface area contributed by atoms with E-state index in [1.54, 1.807) is 24.3 Å². The van der Waals surface area contributed by atoms with Crippen molar-refractivity contribution in [2.45, 2.75) is 16.7 Å². The maximum Gasteiger partial charge on any atom is 0.325 e. The molecule has 1 aliphatic rings. The summed E-state index contributed by atoms with van der Waals surface area (Å²) in [5.74, 6) is -1.42. The normalized spacial score (nSPS) is 29.8. The van der Waals surface area contributed by atoms with Crippen molar-refractivity contribution in [1.29, 1.82) is 0 Å². The topological polar surface area (TPSA) is 107 Å². The van der Waals surface area contributed by atoms with E-state index in [0.29, 0.717) is 11.3 Å². The zero-order chi connectivity index (χ0) is 14.4. The Labute approximate surface area is 111 Å². The Hall–Kier alpha value is -1.60. The van der Waals surface area contributed by atoms with Gasteiger partial charge in [-0.1, -0.05) is 12.1 Å². The van der Waals surface area contributed by atoms with E-state index >= 15 is 0 Å². The minimum atomic E-state index is -3.53. The molecule has 6 nitrogen and oxygen atoms in total. The van der Waals surface area contributed by atoms with E-state index in [9.17, 15) is 13.2 Å². The smallest absolute Gasteiger partial charge is 0.325 e. The number of benzene rings is 1. The average molecular weight is 285 g/mol. The number of carboxylic acid groups (broad SMARTS) is 1. The van der Waals surface area contributed by atoms with Gasteiger partial charge in [-0.05, 0) is 17.7 Å². The van der Waals surface area contributed by atoms with Crippen LogP contribution in [-0.2, 0) is 14.6 Å². The summed E-state index contributed by atoms with van der Waals surface area (Å²) >= 11 is 0. The molecule has 2 rings (SSSR count). The molecule has 1 aromatic rings. The second-order valence-corrected chi connectivity index (χ2v) is 6.91. The van der Waals surface area contributed by atoms with Gasteiger partial charge in [-0.2, -0.15) is 0 Å². The fourth-order valence-electron chi connectivity index (χ4n) is 2.49. The quantitative estimate of drug-likeness (QED) is 0.805. The van der Waals surface area contributed by atoms with Crippen LogP contribution in [0.5, 0.6) is 5.75 Å². The van der Waals surface area contributed by atoms with Crippen LogP contribution < -0.4 is 10.5 Å². The number of aliphatic carboxylic acids is 1. The lowest BCUT2D eigenvalue weighted by molar-refractivity contribution is -0.139. The highest BCUT2D eigenvalue weighted by Crippen LogP contribution is 2.54. The summed E-state index contributed by atoms with van der Waals surface area (Å²) in [4.78, 5) is 11.2. The lowest BCUT2D eigenvalue weighted by Crippen LogP contribution is -2.39. The van der Waals surface area contributed by atoms with E-state index < -0.39 is 32.5 Å². The van der Waals surface area contributed by atoms with Gasteiger partial charge in [-0.15, -0.1) is 0 Å². The standard InChI is InChI=1S/C12H15NO5S/c1-18-8-5-3-7(4-6-8)9-10(19(2,16)17)12(9,13)11(14)15/h3-6,9-10H,13H2,1-2H3,(H,14,15)/t9-,10+,12+/m0/s1. The first kappa shape index (κ1) is 13.8. The second kappa shape index (κ2) is 4.21. The summed E-state index contributed by atoms with van der Waals surface area (Å²) in [5, 5.41) is 8.07. The van der Waals surface area contributed by atoms with Gasteiger partial charge < -0.3 is 15.6 Å². The summed E-state index contributed by atoms with van der Waals surface area (Å²) in [6.07, 6.45) is 1.01. The van der Waals surface area contributed by atoms with Crippen LogP contribution in [-0.4, -0.2) is 43.6 Å². The van der Waals surface area contributed by atoms with Gasteiger partial charge in [-0.25, -0.2) is 8.42 Å². The van der Waals surface area contributed by atoms with E-state index in [1.165, 1.54) is 7.11 Å². The van der Waals surface area contributed by atoms with Gasteiger partial charge in [0.25, 0.3) is 0 Å². The van der Waals surface area contributed by atoms with Gasteiger partial charge in [0, 0.05) is 12.2 Å². The van der Waals surface area contributed by atoms with E-state index in [2.05, 4.69) is 0 Å². The fourth-order valence-corrected chi connectivity index (χ4v) is 4.25. The number of nitrogens with two attached hydrogens (primary N) is 1. The zero-order valence-corrected chi connectivity index (χ0v) is 11.3. The lowest BCUT2D eigenvalue weighted by atomic mass is 10.1. The highest BCUT2D eigenvalue weighted by molar-refractivity contribution is 7.91. The summed E-state index contributed by atoms with van der Waals surface area (Å²) < 4.78 is 28.3. The predicted molar refractivity (Wildman–Crippen MR) is 68.9 cm³/mol. The van der Waals surface area contributed by atoms with Crippen molar-refractivity contribution in [3.8, 4) is 5.75 Å². The number of carboxylic acids is 1. The largest absolute Gasteiger partial charge is 0.497 e. The number of hydrogen-bond donors (Lipinski definition) is 2. The zero-order valence-electron chi connectivity index (χ0n) is 10.5. The number of carbonyl (C=O) groups is 1. The number of rotatable bonds is 4. The monoisotopic (exact) mass is 285 g/mol. The van der Waals surface area contributed by atoms with Crippen LogP contribution in [0.15, 0.2) is 24.3 Å². The van der Waals surface area contributed by atoms with Gasteiger partial charge in [0.15, 0.2) is 9.84 Å². The van der Waals surface area contributed by atoms with Crippen LogP contribution in [0.25, 0.3) is 0 Å². The van der Waals surface area contributed by atoms with Crippen molar-refractivity contribution in [1.82, 2.24) is 0 Å². The average Bonchev–Trinajstić information content (AvgIpc) is 2.98. The van der Waals surface area contributed by atoms with E-state index in [-0.39, 0.29) is 0 Å². The highest BCUT2D eigenvalue weighted by atomic mass is 32.2. The first-order valence-electron chi connectivity index (χ1n) is 5.58. The minimum absolute atomic E-state index is 0.584. The van der Waals surface area contributed by atoms with Crippen molar-refractivity contribution in [3.63, 3.8) is 0 Å². The molecule has 0 aliphatic heterocycles. The Morgan fingerprint density at radius 2 is 1.89 bits per heavy atom. The Kier molecular flexibility index (Phi) is 3.06. The molecule has 0 unspecified atom stereocenters. The Morgan fingerprint density at radius 1 is 1.37 bits per heavy atom. The molecular formula is C12H15NO5S. The first-order chi connectivity index (χ1) is 8.72. The molecule has 3 N–H and O–H groups in total. The molecule has 1 saturated carbocycles. The summed E-state index contributed by atoms with van der Waals surface area (Å²) in [6.45, 7) is 0. The van der Waals surface area contributed by atoms with Gasteiger partial charge >= 0.3 is 5.97 Å². The van der Waals surface area contributed by atoms with E-state index in [0.717, 1.165) is 6.26 Å². The van der Waals surface area contributed by atoms with Crippen LogP contribution >= 0.6 is 0 Å². The second-order valence-electron chi connectivity index (χ2n) is 4.74. The van der Waals surface area contributed by atoms with Crippen molar-refractivity contribution < 1.29 is 23.1 Å². The van der Waals surface area contributed by atoms with Crippen LogP contribution in [0, 0.1) is 0 Å². The Morgan fingerprint density at radius 3 is 2.21 bits per heavy atom. The third-order valence-electron chi connectivity index (χ3n) is 3.49. The molecule has 7 heteroatoms. The fraction of sp³-hybridized carbons (Fsp3) is 0.417. The molecule has 3 atom stereocenters. The molecule has 0 amide bonds. The number of methoxy groups -OCH3 is 1. The minimum Gasteiger partial charge on any atom is -0.497 e. The molecule has 104 valence electrons. The highest BCUT2D eigenvalue weighted by Gasteiger charge is 2.73. The van der Waals surface area contributed by atoms with Gasteiger partial charge in [0.2, 0.25) is 0 Å². The molecule has 0 bridgehead atoms. The maximum atomic E-state index is 11.7. The van der Waals surface area contributed by atoms with Crippen molar-refractivity contribution >= 4 is 15.8 Å². The van der Waals surface area contributed by atoms with Crippen molar-refractivity contribution in [2.24, 2.45) is 5.73 Å². The molecule has 1 aromatic carbocycles. The number of ether oxygens (including phenoxy) is 1. The molecule has 1 fully saturated rings. The van der Waals surface area contributed by atoms with Crippen LogP contribution in [0.2, 0.25) is 0 Å². The predicted octanol–water partition coefficient (Wildman–Crippen LogP) is -0.0123. The molecule has 1 aliphatic carbocycles. The summed E-state index contributed by atoms with van der Waals surface area (Å²) in [5.41, 5.74) is 4.59. The van der Waals surface area contributed by atoms with Crippen molar-refractivity contribution in [2.75, 3.05) is 13.4 Å². The molecule has 0 radical (unpaired) electrons. The third kappa shape index (κ3) is 2.08.